The molecule has 154 valence electrons. The Bertz CT molecular complexity index is 1150. The van der Waals surface area contributed by atoms with Gasteiger partial charge >= 0.3 is 11.8 Å². The standard InChI is InChI=1S/C19H21N3O6S/c1-11-12(2)22(25)19(21(11)3)15(10-18(23)24)17-9-8-16(28-17)13-4-6-14(7-5-13)29(20,26)27/h4-9,15H,10H2,1-3H3,(H3-,20,23,24,25,26,27)/p+1. The first-order valence-corrected chi connectivity index (χ1v) is 10.3. The Balaban J connectivity index is 2.03. The van der Waals surface area contributed by atoms with Gasteiger partial charge < -0.3 is 14.7 Å². The lowest BCUT2D eigenvalue weighted by Crippen LogP contribution is -2.37. The van der Waals surface area contributed by atoms with E-state index in [0.717, 1.165) is 10.4 Å². The maximum Gasteiger partial charge on any atom is 0.307 e. The van der Waals surface area contributed by atoms with Crippen molar-refractivity contribution in [2.45, 2.75) is 31.1 Å². The van der Waals surface area contributed by atoms with E-state index in [4.69, 9.17) is 9.56 Å². The van der Waals surface area contributed by atoms with E-state index >= 15 is 0 Å². The van der Waals surface area contributed by atoms with Crippen molar-refractivity contribution in [3.63, 3.8) is 0 Å². The molecule has 10 heteroatoms. The molecule has 9 nitrogen and oxygen atoms in total. The van der Waals surface area contributed by atoms with Crippen molar-refractivity contribution < 1.29 is 32.5 Å². The highest BCUT2D eigenvalue weighted by Gasteiger charge is 2.36. The van der Waals surface area contributed by atoms with Crippen molar-refractivity contribution in [3.8, 4) is 11.3 Å². The molecule has 3 aromatic rings. The van der Waals surface area contributed by atoms with Gasteiger partial charge in [-0.1, -0.05) is 0 Å². The van der Waals surface area contributed by atoms with Crippen LogP contribution in [-0.2, 0) is 21.9 Å². The van der Waals surface area contributed by atoms with Gasteiger partial charge in [-0.3, -0.25) is 4.79 Å². The van der Waals surface area contributed by atoms with Crippen LogP contribution in [0.15, 0.2) is 45.7 Å². The molecular weight excluding hydrogens is 398 g/mol. The van der Waals surface area contributed by atoms with Gasteiger partial charge in [0.2, 0.25) is 10.0 Å². The normalized spacial score (nSPS) is 12.8. The molecule has 0 aliphatic heterocycles. The summed E-state index contributed by atoms with van der Waals surface area (Å²) in [5, 5.41) is 25.0. The number of hydrogen-bond donors (Lipinski definition) is 3. The number of sulfonamides is 1. The molecule has 0 spiro atoms. The third-order valence-electron chi connectivity index (χ3n) is 5.03. The fourth-order valence-electron chi connectivity index (χ4n) is 3.26. The molecule has 4 N–H and O–H groups in total. The molecule has 0 fully saturated rings. The number of aliphatic carboxylic acids is 1. The Hall–Kier alpha value is -3.11. The quantitative estimate of drug-likeness (QED) is 0.409. The van der Waals surface area contributed by atoms with E-state index < -0.39 is 21.9 Å². The molecule has 0 bridgehead atoms. The minimum absolute atomic E-state index is 0.0205. The number of carbonyl (C=O) groups is 1. The summed E-state index contributed by atoms with van der Waals surface area (Å²) in [4.78, 5) is 11.4. The second-order valence-corrected chi connectivity index (χ2v) is 8.38. The maximum absolute atomic E-state index is 11.5. The smallest absolute Gasteiger partial charge is 0.307 e. The van der Waals surface area contributed by atoms with Crippen LogP contribution >= 0.6 is 0 Å². The Morgan fingerprint density at radius 3 is 2.31 bits per heavy atom. The van der Waals surface area contributed by atoms with Gasteiger partial charge in [0, 0.05) is 19.4 Å². The Kier molecular flexibility index (Phi) is 5.24. The van der Waals surface area contributed by atoms with Crippen LogP contribution < -0.4 is 9.71 Å². The molecule has 2 heterocycles. The number of carboxylic acids is 1. The molecule has 1 unspecified atom stereocenters. The monoisotopic (exact) mass is 420 g/mol. The van der Waals surface area contributed by atoms with Crippen molar-refractivity contribution in [1.82, 2.24) is 4.73 Å². The summed E-state index contributed by atoms with van der Waals surface area (Å²) < 4.78 is 31.4. The largest absolute Gasteiger partial charge is 0.481 e. The van der Waals surface area contributed by atoms with E-state index in [-0.39, 0.29) is 11.3 Å². The Morgan fingerprint density at radius 2 is 1.83 bits per heavy atom. The average molecular weight is 420 g/mol. The molecular formula is C19H22N3O6S+. The number of nitrogens with two attached hydrogens (primary N) is 1. The minimum Gasteiger partial charge on any atom is -0.481 e. The van der Waals surface area contributed by atoms with Crippen molar-refractivity contribution in [2.75, 3.05) is 0 Å². The highest BCUT2D eigenvalue weighted by molar-refractivity contribution is 7.89. The third-order valence-corrected chi connectivity index (χ3v) is 5.96. The number of imidazole rings is 1. The number of nitrogens with zero attached hydrogens (tertiary/aromatic N) is 2. The zero-order valence-corrected chi connectivity index (χ0v) is 17.0. The predicted molar refractivity (Wildman–Crippen MR) is 102 cm³/mol. The van der Waals surface area contributed by atoms with Crippen LogP contribution in [-0.4, -0.2) is 29.4 Å². The van der Waals surface area contributed by atoms with Gasteiger partial charge in [-0.05, 0) is 41.1 Å². The molecule has 3 rings (SSSR count). The van der Waals surface area contributed by atoms with E-state index in [1.54, 1.807) is 42.8 Å². The topological polar surface area (TPSA) is 140 Å². The fraction of sp³-hybridized carbons (Fsp3) is 0.263. The van der Waals surface area contributed by atoms with Crippen molar-refractivity contribution >= 4 is 16.0 Å². The molecule has 0 radical (unpaired) electrons. The molecule has 2 aromatic heterocycles. The minimum atomic E-state index is -3.80. The van der Waals surface area contributed by atoms with Gasteiger partial charge in [0.1, 0.15) is 23.1 Å². The number of primary sulfonamides is 1. The van der Waals surface area contributed by atoms with Gasteiger partial charge in [0.05, 0.1) is 18.4 Å². The van der Waals surface area contributed by atoms with Crippen molar-refractivity contribution in [3.05, 3.63) is 59.4 Å². The lowest BCUT2D eigenvalue weighted by Gasteiger charge is -2.09. The van der Waals surface area contributed by atoms with Crippen LogP contribution in [0.2, 0.25) is 0 Å². The van der Waals surface area contributed by atoms with Crippen LogP contribution in [0.5, 0.6) is 0 Å². The second-order valence-electron chi connectivity index (χ2n) is 6.82. The highest BCUT2D eigenvalue weighted by Crippen LogP contribution is 2.32. The molecule has 0 aliphatic carbocycles. The molecule has 0 aliphatic rings. The first-order valence-electron chi connectivity index (χ1n) is 8.72. The lowest BCUT2D eigenvalue weighted by atomic mass is 10.0. The van der Waals surface area contributed by atoms with Crippen LogP contribution in [0.4, 0.5) is 0 Å². The summed E-state index contributed by atoms with van der Waals surface area (Å²) in [6, 6.07) is 9.16. The summed E-state index contributed by atoms with van der Waals surface area (Å²) in [5.74, 6) is -0.591. The summed E-state index contributed by atoms with van der Waals surface area (Å²) in [6.07, 6.45) is -0.283. The van der Waals surface area contributed by atoms with E-state index in [1.165, 1.54) is 12.1 Å². The zero-order valence-electron chi connectivity index (χ0n) is 16.2. The molecule has 1 atom stereocenters. The van der Waals surface area contributed by atoms with E-state index in [1.807, 2.05) is 6.92 Å². The maximum atomic E-state index is 11.5. The first-order chi connectivity index (χ1) is 13.5. The molecule has 29 heavy (non-hydrogen) atoms. The first kappa shape index (κ1) is 20.6. The van der Waals surface area contributed by atoms with Gasteiger partial charge in [0.25, 0.3) is 0 Å². The van der Waals surface area contributed by atoms with E-state index in [0.29, 0.717) is 28.6 Å². The Morgan fingerprint density at radius 1 is 1.21 bits per heavy atom. The summed E-state index contributed by atoms with van der Waals surface area (Å²) in [7, 11) is -2.05. The van der Waals surface area contributed by atoms with Crippen LogP contribution in [0.1, 0.15) is 35.3 Å². The number of aromatic nitrogens is 2. The van der Waals surface area contributed by atoms with Gasteiger partial charge in [-0.2, -0.15) is 0 Å². The lowest BCUT2D eigenvalue weighted by molar-refractivity contribution is -0.687. The number of carboxylic acid groups (broad SMARTS) is 1. The van der Waals surface area contributed by atoms with Gasteiger partial charge in [-0.25, -0.2) is 18.1 Å². The SMILES string of the molecule is Cc1c(C)[n+](C)c(C(CC(=O)O)c2ccc(-c3ccc(S(N)(=O)=O)cc3)o2)n1O. The number of rotatable bonds is 6. The Labute approximate surface area is 167 Å². The average Bonchev–Trinajstić information content (AvgIpc) is 3.21. The summed E-state index contributed by atoms with van der Waals surface area (Å²) in [5.41, 5.74) is 2.00. The second kappa shape index (κ2) is 7.37. The number of hydrogen-bond acceptors (Lipinski definition) is 5. The third kappa shape index (κ3) is 3.89. The molecule has 0 saturated heterocycles. The zero-order chi connectivity index (χ0) is 21.5. The van der Waals surface area contributed by atoms with Crippen molar-refractivity contribution in [1.29, 1.82) is 0 Å². The van der Waals surface area contributed by atoms with E-state index in [9.17, 15) is 23.5 Å². The number of furan rings is 1. The van der Waals surface area contributed by atoms with Gasteiger partial charge in [0.15, 0.2) is 5.69 Å². The molecule has 1 aromatic carbocycles. The fourth-order valence-corrected chi connectivity index (χ4v) is 3.78. The number of benzene rings is 1. The molecule has 0 amide bonds. The predicted octanol–water partition coefficient (Wildman–Crippen LogP) is 1.68. The molecule has 0 saturated carbocycles. The summed E-state index contributed by atoms with van der Waals surface area (Å²) >= 11 is 0. The van der Waals surface area contributed by atoms with E-state index in [2.05, 4.69) is 0 Å². The van der Waals surface area contributed by atoms with Crippen LogP contribution in [0.25, 0.3) is 11.3 Å². The van der Waals surface area contributed by atoms with Crippen LogP contribution in [0, 0.1) is 13.8 Å². The van der Waals surface area contributed by atoms with Crippen LogP contribution in [0.3, 0.4) is 0 Å². The highest BCUT2D eigenvalue weighted by atomic mass is 32.2. The van der Waals surface area contributed by atoms with Crippen molar-refractivity contribution in [2.24, 2.45) is 12.2 Å². The summed E-state index contributed by atoms with van der Waals surface area (Å²) in [6.45, 7) is 3.56. The van der Waals surface area contributed by atoms with Gasteiger partial charge in [-0.15, -0.1) is 0 Å².